The molecule has 0 radical (unpaired) electrons. The summed E-state index contributed by atoms with van der Waals surface area (Å²) < 4.78 is 7.93. The van der Waals surface area contributed by atoms with Crippen molar-refractivity contribution in [1.82, 2.24) is 18.9 Å². The fourth-order valence-electron chi connectivity index (χ4n) is 2.32. The molecule has 8 nitrogen and oxygen atoms in total. The minimum absolute atomic E-state index is 0.0338. The van der Waals surface area contributed by atoms with Gasteiger partial charge in [-0.1, -0.05) is 6.07 Å². The predicted octanol–water partition coefficient (Wildman–Crippen LogP) is 0.988. The van der Waals surface area contributed by atoms with E-state index in [1.165, 1.54) is 17.1 Å². The van der Waals surface area contributed by atoms with Crippen molar-refractivity contribution in [3.8, 4) is 6.07 Å². The number of nitriles is 1. The van der Waals surface area contributed by atoms with Crippen LogP contribution < -0.4 is 5.56 Å². The molecule has 0 amide bonds. The SMILES string of the molecule is CCOC(=O)c1cccc2nc(Cn3cncc(C#N)c3=O)cn12. The Kier molecular flexibility index (Phi) is 4.07. The van der Waals surface area contributed by atoms with Gasteiger partial charge in [0.25, 0.3) is 5.56 Å². The molecule has 0 spiro atoms. The van der Waals surface area contributed by atoms with Crippen LogP contribution in [0.25, 0.3) is 5.65 Å². The molecule has 3 heterocycles. The zero-order valence-corrected chi connectivity index (χ0v) is 12.8. The highest BCUT2D eigenvalue weighted by atomic mass is 16.5. The van der Waals surface area contributed by atoms with Gasteiger partial charge in [-0.2, -0.15) is 5.26 Å². The Hall–Kier alpha value is -3.47. The average molecular weight is 323 g/mol. The third-order valence-electron chi connectivity index (χ3n) is 3.38. The molecule has 24 heavy (non-hydrogen) atoms. The summed E-state index contributed by atoms with van der Waals surface area (Å²) in [5.74, 6) is -0.447. The van der Waals surface area contributed by atoms with Gasteiger partial charge >= 0.3 is 5.97 Å². The lowest BCUT2D eigenvalue weighted by Crippen LogP contribution is -2.23. The first-order chi connectivity index (χ1) is 11.6. The molecule has 0 aliphatic heterocycles. The van der Waals surface area contributed by atoms with E-state index in [-0.39, 0.29) is 18.7 Å². The number of hydrogen-bond acceptors (Lipinski definition) is 6. The molecule has 0 bridgehead atoms. The van der Waals surface area contributed by atoms with Crippen molar-refractivity contribution in [2.75, 3.05) is 6.61 Å². The third-order valence-corrected chi connectivity index (χ3v) is 3.38. The first-order valence-corrected chi connectivity index (χ1v) is 7.22. The summed E-state index contributed by atoms with van der Waals surface area (Å²) in [5.41, 5.74) is 1.01. The van der Waals surface area contributed by atoms with Crippen LogP contribution in [0.2, 0.25) is 0 Å². The minimum atomic E-state index is -0.447. The highest BCUT2D eigenvalue weighted by Gasteiger charge is 2.13. The molecular formula is C16H13N5O3. The van der Waals surface area contributed by atoms with Crippen LogP contribution in [-0.4, -0.2) is 31.5 Å². The Balaban J connectivity index is 2.01. The number of esters is 1. The Labute approximate surface area is 136 Å². The van der Waals surface area contributed by atoms with Crippen molar-refractivity contribution >= 4 is 11.6 Å². The fourth-order valence-corrected chi connectivity index (χ4v) is 2.32. The van der Waals surface area contributed by atoms with E-state index in [1.54, 1.807) is 41.8 Å². The van der Waals surface area contributed by atoms with Crippen LogP contribution in [-0.2, 0) is 11.3 Å². The quantitative estimate of drug-likeness (QED) is 0.663. The van der Waals surface area contributed by atoms with Crippen LogP contribution in [0.1, 0.15) is 28.7 Å². The van der Waals surface area contributed by atoms with E-state index < -0.39 is 11.5 Å². The molecule has 0 saturated heterocycles. The lowest BCUT2D eigenvalue weighted by molar-refractivity contribution is 0.0517. The molecule has 3 aromatic rings. The van der Waals surface area contributed by atoms with E-state index in [0.29, 0.717) is 17.0 Å². The number of ether oxygens (including phenoxy) is 1. The second kappa shape index (κ2) is 6.34. The molecule has 0 atom stereocenters. The maximum absolute atomic E-state index is 12.1. The van der Waals surface area contributed by atoms with Gasteiger partial charge in [-0.15, -0.1) is 0 Å². The second-order valence-corrected chi connectivity index (χ2v) is 4.94. The standard InChI is InChI=1S/C16H13N5O3/c1-2-24-16(23)13-4-3-5-14-19-12(9-21(13)14)8-20-10-18-7-11(6-17)15(20)22/h3-5,7,9-10H,2,8H2,1H3. The number of fused-ring (bicyclic) bond motifs is 1. The van der Waals surface area contributed by atoms with Crippen LogP contribution in [0.5, 0.6) is 0 Å². The lowest BCUT2D eigenvalue weighted by atomic mass is 10.3. The Bertz CT molecular complexity index is 1010. The molecule has 0 fully saturated rings. The fraction of sp³-hybridized carbons (Fsp3) is 0.188. The van der Waals surface area contributed by atoms with Gasteiger partial charge in [0.05, 0.1) is 31.4 Å². The maximum atomic E-state index is 12.1. The molecule has 0 aliphatic rings. The van der Waals surface area contributed by atoms with Crippen molar-refractivity contribution in [3.05, 3.63) is 64.2 Å². The highest BCUT2D eigenvalue weighted by Crippen LogP contribution is 2.11. The van der Waals surface area contributed by atoms with E-state index >= 15 is 0 Å². The lowest BCUT2D eigenvalue weighted by Gasteiger charge is -2.04. The first kappa shape index (κ1) is 15.4. The van der Waals surface area contributed by atoms with Gasteiger partial charge in [-0.25, -0.2) is 14.8 Å². The van der Waals surface area contributed by atoms with Gasteiger partial charge in [0.2, 0.25) is 0 Å². The number of carbonyl (C=O) groups is 1. The van der Waals surface area contributed by atoms with Gasteiger partial charge in [-0.05, 0) is 19.1 Å². The molecule has 0 saturated carbocycles. The van der Waals surface area contributed by atoms with Crippen LogP contribution in [0.15, 0.2) is 41.7 Å². The van der Waals surface area contributed by atoms with Gasteiger partial charge in [0, 0.05) is 6.20 Å². The number of imidazole rings is 1. The average Bonchev–Trinajstić information content (AvgIpc) is 2.99. The van der Waals surface area contributed by atoms with Crippen LogP contribution in [0.4, 0.5) is 0 Å². The number of carbonyl (C=O) groups excluding carboxylic acids is 1. The second-order valence-electron chi connectivity index (χ2n) is 4.94. The van der Waals surface area contributed by atoms with Crippen molar-refractivity contribution in [3.63, 3.8) is 0 Å². The van der Waals surface area contributed by atoms with Crippen molar-refractivity contribution in [1.29, 1.82) is 5.26 Å². The monoisotopic (exact) mass is 323 g/mol. The third kappa shape index (κ3) is 2.75. The summed E-state index contributed by atoms with van der Waals surface area (Å²) in [5, 5.41) is 8.90. The molecular weight excluding hydrogens is 310 g/mol. The summed E-state index contributed by atoms with van der Waals surface area (Å²) in [6, 6.07) is 6.90. The summed E-state index contributed by atoms with van der Waals surface area (Å²) >= 11 is 0. The Morgan fingerprint density at radius 1 is 1.42 bits per heavy atom. The topological polar surface area (TPSA) is 102 Å². The van der Waals surface area contributed by atoms with Crippen molar-refractivity contribution in [2.45, 2.75) is 13.5 Å². The molecule has 0 N–H and O–H groups in total. The van der Waals surface area contributed by atoms with Crippen molar-refractivity contribution in [2.24, 2.45) is 0 Å². The van der Waals surface area contributed by atoms with Crippen LogP contribution in [0, 0.1) is 11.3 Å². The smallest absolute Gasteiger partial charge is 0.355 e. The summed E-state index contributed by atoms with van der Waals surface area (Å²) in [7, 11) is 0. The molecule has 120 valence electrons. The number of hydrogen-bond donors (Lipinski definition) is 0. The molecule has 0 unspecified atom stereocenters. The van der Waals surface area contributed by atoms with Gasteiger partial charge < -0.3 is 4.74 Å². The zero-order valence-electron chi connectivity index (χ0n) is 12.8. The summed E-state index contributed by atoms with van der Waals surface area (Å²) in [6.07, 6.45) is 4.23. The minimum Gasteiger partial charge on any atom is -0.461 e. The Morgan fingerprint density at radius 3 is 3.00 bits per heavy atom. The summed E-state index contributed by atoms with van der Waals surface area (Å²) in [6.45, 7) is 2.16. The number of rotatable bonds is 4. The molecule has 0 aromatic carbocycles. The van der Waals surface area contributed by atoms with Gasteiger partial charge in [-0.3, -0.25) is 13.8 Å². The zero-order chi connectivity index (χ0) is 17.1. The maximum Gasteiger partial charge on any atom is 0.355 e. The molecule has 3 rings (SSSR count). The Morgan fingerprint density at radius 2 is 2.25 bits per heavy atom. The van der Waals surface area contributed by atoms with E-state index in [2.05, 4.69) is 9.97 Å². The van der Waals surface area contributed by atoms with E-state index in [0.717, 1.165) is 0 Å². The van der Waals surface area contributed by atoms with E-state index in [9.17, 15) is 9.59 Å². The summed E-state index contributed by atoms with van der Waals surface area (Å²) in [4.78, 5) is 32.3. The molecule has 8 heteroatoms. The van der Waals surface area contributed by atoms with Crippen LogP contribution in [0.3, 0.4) is 0 Å². The predicted molar refractivity (Wildman–Crippen MR) is 83.5 cm³/mol. The van der Waals surface area contributed by atoms with E-state index in [1.807, 2.05) is 0 Å². The number of pyridine rings is 1. The van der Waals surface area contributed by atoms with Gasteiger partial charge in [0.1, 0.15) is 23.0 Å². The first-order valence-electron chi connectivity index (χ1n) is 7.22. The number of aromatic nitrogens is 4. The van der Waals surface area contributed by atoms with E-state index in [4.69, 9.17) is 10.00 Å². The molecule has 0 aliphatic carbocycles. The largest absolute Gasteiger partial charge is 0.461 e. The normalized spacial score (nSPS) is 10.5. The van der Waals surface area contributed by atoms with Gasteiger partial charge in [0.15, 0.2) is 0 Å². The van der Waals surface area contributed by atoms with Crippen LogP contribution >= 0.6 is 0 Å². The molecule has 3 aromatic heterocycles. The highest BCUT2D eigenvalue weighted by molar-refractivity contribution is 5.88. The number of nitrogens with zero attached hydrogens (tertiary/aromatic N) is 5. The van der Waals surface area contributed by atoms with Crippen molar-refractivity contribution < 1.29 is 9.53 Å².